The molecule has 9 heteroatoms. The number of anilines is 3. The number of benzene rings is 2. The molecule has 2 amide bonds. The van der Waals surface area contributed by atoms with Crippen molar-refractivity contribution in [1.29, 1.82) is 0 Å². The predicted molar refractivity (Wildman–Crippen MR) is 126 cm³/mol. The number of thiophene rings is 1. The van der Waals surface area contributed by atoms with E-state index in [9.17, 15) is 9.59 Å². The van der Waals surface area contributed by atoms with Crippen molar-refractivity contribution in [2.75, 3.05) is 10.6 Å². The highest BCUT2D eigenvalue weighted by molar-refractivity contribution is 7.29. The second-order valence-electron chi connectivity index (χ2n) is 6.92. The average Bonchev–Trinajstić information content (AvgIpc) is 3.34. The maximum absolute atomic E-state index is 12.7. The number of rotatable bonds is 5. The Kier molecular flexibility index (Phi) is 5.19. The van der Waals surface area contributed by atoms with Crippen LogP contribution < -0.4 is 16.1 Å². The van der Waals surface area contributed by atoms with E-state index in [0.29, 0.717) is 23.4 Å². The van der Waals surface area contributed by atoms with E-state index < -0.39 is 0 Å². The summed E-state index contributed by atoms with van der Waals surface area (Å²) in [5, 5.41) is 11.1. The summed E-state index contributed by atoms with van der Waals surface area (Å²) in [4.78, 5) is 29.9. The van der Waals surface area contributed by atoms with Gasteiger partial charge in [0.05, 0.1) is 15.3 Å². The van der Waals surface area contributed by atoms with Gasteiger partial charge in [0.15, 0.2) is 5.13 Å². The number of nitrogens with one attached hydrogen (secondary N) is 3. The number of carbonyl (C=O) groups is 2. The third-order valence-electron chi connectivity index (χ3n) is 4.72. The molecule has 31 heavy (non-hydrogen) atoms. The molecule has 0 saturated carbocycles. The summed E-state index contributed by atoms with van der Waals surface area (Å²) in [7, 11) is 0. The maximum Gasteiger partial charge on any atom is 0.265 e. The van der Waals surface area contributed by atoms with Gasteiger partial charge >= 0.3 is 0 Å². The van der Waals surface area contributed by atoms with Crippen LogP contribution in [0.5, 0.6) is 0 Å². The van der Waals surface area contributed by atoms with Crippen LogP contribution in [0.4, 0.5) is 16.5 Å². The van der Waals surface area contributed by atoms with Crippen LogP contribution >= 0.6 is 22.7 Å². The summed E-state index contributed by atoms with van der Waals surface area (Å²) in [5.41, 5.74) is 5.94. The molecular formula is C22H17N5O2S2. The van der Waals surface area contributed by atoms with E-state index in [1.165, 1.54) is 22.7 Å². The van der Waals surface area contributed by atoms with Crippen LogP contribution in [0.1, 0.15) is 28.1 Å². The lowest BCUT2D eigenvalue weighted by Crippen LogP contribution is -2.25. The van der Waals surface area contributed by atoms with Crippen molar-refractivity contribution in [2.45, 2.75) is 12.8 Å². The third kappa shape index (κ3) is 4.32. The number of amides is 2. The van der Waals surface area contributed by atoms with Crippen molar-refractivity contribution in [2.24, 2.45) is 5.10 Å². The lowest BCUT2D eigenvalue weighted by molar-refractivity contribution is -0.121. The molecule has 0 aliphatic carbocycles. The van der Waals surface area contributed by atoms with Crippen molar-refractivity contribution < 1.29 is 9.59 Å². The average molecular weight is 448 g/mol. The number of carbonyl (C=O) groups excluding carboxylic acids is 2. The molecule has 4 aromatic rings. The lowest BCUT2D eigenvalue weighted by atomic mass is 10.0. The highest BCUT2D eigenvalue weighted by Gasteiger charge is 2.16. The van der Waals surface area contributed by atoms with Crippen LogP contribution in [0.15, 0.2) is 65.8 Å². The molecule has 1 aliphatic heterocycles. The molecule has 3 heterocycles. The second kappa shape index (κ2) is 8.29. The Morgan fingerprint density at radius 1 is 0.968 bits per heavy atom. The van der Waals surface area contributed by atoms with E-state index in [-0.39, 0.29) is 11.8 Å². The number of para-hydroxylation sites is 1. The van der Waals surface area contributed by atoms with Gasteiger partial charge in [-0.3, -0.25) is 9.59 Å². The smallest absolute Gasteiger partial charge is 0.265 e. The zero-order valence-corrected chi connectivity index (χ0v) is 17.8. The van der Waals surface area contributed by atoms with Gasteiger partial charge in [0.2, 0.25) is 5.91 Å². The molecule has 0 atom stereocenters. The van der Waals surface area contributed by atoms with Gasteiger partial charge in [0, 0.05) is 24.2 Å². The van der Waals surface area contributed by atoms with Gasteiger partial charge in [-0.2, -0.15) is 5.10 Å². The third-order valence-corrected chi connectivity index (χ3v) is 6.79. The van der Waals surface area contributed by atoms with Gasteiger partial charge in [-0.1, -0.05) is 41.7 Å². The number of nitrogens with zero attached hydrogens (tertiary/aromatic N) is 2. The van der Waals surface area contributed by atoms with Crippen LogP contribution in [-0.4, -0.2) is 22.5 Å². The highest BCUT2D eigenvalue weighted by atomic mass is 32.1. The first-order valence-corrected chi connectivity index (χ1v) is 11.3. The molecule has 2 aromatic heterocycles. The highest BCUT2D eigenvalue weighted by Crippen LogP contribution is 2.34. The summed E-state index contributed by atoms with van der Waals surface area (Å²) >= 11 is 2.89. The summed E-state index contributed by atoms with van der Waals surface area (Å²) in [5.74, 6) is -0.233. The van der Waals surface area contributed by atoms with Gasteiger partial charge in [0.25, 0.3) is 5.91 Å². The van der Waals surface area contributed by atoms with E-state index >= 15 is 0 Å². The number of hydrogen-bond acceptors (Lipinski definition) is 7. The Hall–Kier alpha value is -3.56. The molecule has 2 aromatic carbocycles. The van der Waals surface area contributed by atoms with Gasteiger partial charge < -0.3 is 10.6 Å². The minimum atomic E-state index is -0.164. The minimum Gasteiger partial charge on any atom is -0.332 e. The van der Waals surface area contributed by atoms with Crippen LogP contribution in [0.2, 0.25) is 0 Å². The van der Waals surface area contributed by atoms with Crippen LogP contribution in [0, 0.1) is 0 Å². The van der Waals surface area contributed by atoms with Gasteiger partial charge in [-0.15, -0.1) is 11.3 Å². The van der Waals surface area contributed by atoms with Crippen molar-refractivity contribution in [3.8, 4) is 0 Å². The van der Waals surface area contributed by atoms with Crippen LogP contribution in [0.3, 0.4) is 0 Å². The summed E-state index contributed by atoms with van der Waals surface area (Å²) < 4.78 is 0.973. The zero-order chi connectivity index (χ0) is 21.2. The Balaban J connectivity index is 1.26. The summed E-state index contributed by atoms with van der Waals surface area (Å²) in [6.07, 6.45) is 1.04. The Labute approximate surface area is 185 Å². The molecule has 154 valence electrons. The minimum absolute atomic E-state index is 0.0686. The first kappa shape index (κ1) is 19.4. The normalized spacial score (nSPS) is 13.5. The monoisotopic (exact) mass is 447 g/mol. The fourth-order valence-electron chi connectivity index (χ4n) is 3.17. The number of hydrazone groups is 1. The first-order valence-electron chi connectivity index (χ1n) is 9.64. The fourth-order valence-corrected chi connectivity index (χ4v) is 5.20. The van der Waals surface area contributed by atoms with Gasteiger partial charge in [0.1, 0.15) is 4.83 Å². The SMILES string of the molecule is O=C1CCC(c2ccc(NC(=O)c3cc4sc(Nc5ccccc5)nc4s3)cc2)=NN1. The summed E-state index contributed by atoms with van der Waals surface area (Å²) in [6, 6.07) is 19.2. The summed E-state index contributed by atoms with van der Waals surface area (Å²) in [6.45, 7) is 0. The van der Waals surface area contributed by atoms with Gasteiger partial charge in [-0.05, 0) is 35.9 Å². The largest absolute Gasteiger partial charge is 0.332 e. The van der Waals surface area contributed by atoms with Gasteiger partial charge in [-0.25, -0.2) is 10.4 Å². The fraction of sp³-hybridized carbons (Fsp3) is 0.0909. The Morgan fingerprint density at radius 2 is 1.77 bits per heavy atom. The zero-order valence-electron chi connectivity index (χ0n) is 16.2. The molecular weight excluding hydrogens is 430 g/mol. The number of thiazole rings is 1. The number of aromatic nitrogens is 1. The molecule has 7 nitrogen and oxygen atoms in total. The molecule has 0 saturated heterocycles. The van der Waals surface area contributed by atoms with E-state index in [1.54, 1.807) is 0 Å². The van der Waals surface area contributed by atoms with Crippen LogP contribution in [-0.2, 0) is 4.79 Å². The first-order chi connectivity index (χ1) is 15.1. The Morgan fingerprint density at radius 3 is 2.48 bits per heavy atom. The molecule has 0 bridgehead atoms. The predicted octanol–water partition coefficient (Wildman–Crippen LogP) is 4.97. The Bertz CT molecular complexity index is 1260. The van der Waals surface area contributed by atoms with Crippen molar-refractivity contribution in [3.63, 3.8) is 0 Å². The van der Waals surface area contributed by atoms with E-state index in [0.717, 1.165) is 31.6 Å². The quantitative estimate of drug-likeness (QED) is 0.403. The van der Waals surface area contributed by atoms with Crippen LogP contribution in [0.25, 0.3) is 9.53 Å². The molecule has 0 unspecified atom stereocenters. The topological polar surface area (TPSA) is 95.5 Å². The lowest BCUT2D eigenvalue weighted by Gasteiger charge is -2.12. The van der Waals surface area contributed by atoms with E-state index in [4.69, 9.17) is 0 Å². The standard InChI is InChI=1S/C22H17N5O2S2/c28-19-11-10-16(26-27-19)13-6-8-15(9-7-13)23-20(29)17-12-18-21(30-17)25-22(31-18)24-14-4-2-1-3-5-14/h1-9,12H,10-11H2,(H,23,29)(H,24,25)(H,27,28). The van der Waals surface area contributed by atoms with E-state index in [2.05, 4.69) is 26.1 Å². The van der Waals surface area contributed by atoms with Crippen molar-refractivity contribution in [3.05, 3.63) is 71.1 Å². The maximum atomic E-state index is 12.7. The molecule has 0 radical (unpaired) electrons. The molecule has 0 spiro atoms. The molecule has 1 aliphatic rings. The molecule has 0 fully saturated rings. The van der Waals surface area contributed by atoms with Crippen molar-refractivity contribution in [1.82, 2.24) is 10.4 Å². The van der Waals surface area contributed by atoms with Crippen molar-refractivity contribution >= 4 is 66.2 Å². The van der Waals surface area contributed by atoms with E-state index in [1.807, 2.05) is 60.7 Å². The molecule has 3 N–H and O–H groups in total. The number of hydrogen-bond donors (Lipinski definition) is 3. The number of fused-ring (bicyclic) bond motifs is 1. The second-order valence-corrected chi connectivity index (χ2v) is 8.98. The molecule has 5 rings (SSSR count).